The summed E-state index contributed by atoms with van der Waals surface area (Å²) in [6.07, 6.45) is 7.19. The standard InChI is InChI=1S/C19H21F2N3S/c1-3-4-9-23-13(2)5-8-19-24-18(12-25-19)17(22)11-14-6-7-15(20)16(21)10-14/h3-4,6-7,9-10,12,17H,1,5,8,11,22H2,2H3/b9-4-,23-13?. The Morgan fingerprint density at radius 3 is 2.92 bits per heavy atom. The second-order valence-electron chi connectivity index (χ2n) is 5.67. The highest BCUT2D eigenvalue weighted by molar-refractivity contribution is 7.09. The fraction of sp³-hybridized carbons (Fsp3) is 0.263. The van der Waals surface area contributed by atoms with Gasteiger partial charge in [-0.05, 0) is 43.5 Å². The number of aryl methyl sites for hydroxylation is 1. The summed E-state index contributed by atoms with van der Waals surface area (Å²) in [5, 5.41) is 2.90. The van der Waals surface area contributed by atoms with Crippen molar-refractivity contribution < 1.29 is 8.78 Å². The smallest absolute Gasteiger partial charge is 0.159 e. The Labute approximate surface area is 150 Å². The van der Waals surface area contributed by atoms with Gasteiger partial charge in [0.15, 0.2) is 11.6 Å². The van der Waals surface area contributed by atoms with Gasteiger partial charge in [-0.1, -0.05) is 18.7 Å². The second-order valence-corrected chi connectivity index (χ2v) is 6.61. The number of thiazole rings is 1. The Morgan fingerprint density at radius 2 is 2.20 bits per heavy atom. The van der Waals surface area contributed by atoms with Gasteiger partial charge in [0.2, 0.25) is 0 Å². The molecule has 2 rings (SSSR count). The molecule has 0 aliphatic heterocycles. The first-order chi connectivity index (χ1) is 12.0. The van der Waals surface area contributed by atoms with Crippen LogP contribution in [0, 0.1) is 11.6 Å². The van der Waals surface area contributed by atoms with Crippen molar-refractivity contribution in [3.05, 3.63) is 76.4 Å². The van der Waals surface area contributed by atoms with E-state index in [1.54, 1.807) is 35.8 Å². The number of hydrogen-bond donors (Lipinski definition) is 1. The van der Waals surface area contributed by atoms with Gasteiger partial charge in [0.25, 0.3) is 0 Å². The molecule has 2 N–H and O–H groups in total. The number of benzene rings is 1. The van der Waals surface area contributed by atoms with Crippen LogP contribution in [0.5, 0.6) is 0 Å². The van der Waals surface area contributed by atoms with Crippen LogP contribution in [0.25, 0.3) is 0 Å². The topological polar surface area (TPSA) is 51.3 Å². The molecule has 25 heavy (non-hydrogen) atoms. The van der Waals surface area contributed by atoms with Crippen LogP contribution in [-0.2, 0) is 12.8 Å². The van der Waals surface area contributed by atoms with Crippen molar-refractivity contribution in [3.63, 3.8) is 0 Å². The molecule has 1 aromatic heterocycles. The van der Waals surface area contributed by atoms with Crippen LogP contribution < -0.4 is 5.73 Å². The van der Waals surface area contributed by atoms with Crippen LogP contribution in [0.4, 0.5) is 8.78 Å². The van der Waals surface area contributed by atoms with E-state index in [0.717, 1.165) is 35.3 Å². The van der Waals surface area contributed by atoms with Crippen LogP contribution >= 0.6 is 11.3 Å². The van der Waals surface area contributed by atoms with E-state index in [4.69, 9.17) is 5.73 Å². The van der Waals surface area contributed by atoms with E-state index in [0.29, 0.717) is 12.0 Å². The van der Waals surface area contributed by atoms with Gasteiger partial charge in [0, 0.05) is 23.7 Å². The molecule has 1 unspecified atom stereocenters. The van der Waals surface area contributed by atoms with E-state index in [9.17, 15) is 8.78 Å². The SMILES string of the molecule is C=C/C=C\N=C(C)CCc1nc(C(N)Cc2ccc(F)c(F)c2)cs1. The summed E-state index contributed by atoms with van der Waals surface area (Å²) in [5.41, 5.74) is 8.59. The summed E-state index contributed by atoms with van der Waals surface area (Å²) in [4.78, 5) is 8.84. The lowest BCUT2D eigenvalue weighted by Gasteiger charge is -2.09. The maximum absolute atomic E-state index is 13.3. The summed E-state index contributed by atoms with van der Waals surface area (Å²) >= 11 is 1.55. The van der Waals surface area contributed by atoms with Gasteiger partial charge in [-0.25, -0.2) is 13.8 Å². The highest BCUT2D eigenvalue weighted by atomic mass is 32.1. The Kier molecular flexibility index (Phi) is 7.16. The quantitative estimate of drug-likeness (QED) is 0.544. The Bertz CT molecular complexity index is 781. The average Bonchev–Trinajstić information content (AvgIpc) is 3.06. The summed E-state index contributed by atoms with van der Waals surface area (Å²) in [6.45, 7) is 5.56. The van der Waals surface area contributed by atoms with Crippen molar-refractivity contribution in [2.75, 3.05) is 0 Å². The van der Waals surface area contributed by atoms with E-state index >= 15 is 0 Å². The van der Waals surface area contributed by atoms with Gasteiger partial charge in [-0.3, -0.25) is 4.99 Å². The van der Waals surface area contributed by atoms with Gasteiger partial charge >= 0.3 is 0 Å². The van der Waals surface area contributed by atoms with E-state index in [1.807, 2.05) is 12.3 Å². The fourth-order valence-corrected chi connectivity index (χ4v) is 3.08. The molecule has 1 atom stereocenters. The van der Waals surface area contributed by atoms with Crippen molar-refractivity contribution in [3.8, 4) is 0 Å². The van der Waals surface area contributed by atoms with Crippen molar-refractivity contribution in [2.45, 2.75) is 32.2 Å². The van der Waals surface area contributed by atoms with Gasteiger partial charge < -0.3 is 5.73 Å². The van der Waals surface area contributed by atoms with Crippen LogP contribution in [0.15, 0.2) is 53.5 Å². The van der Waals surface area contributed by atoms with Crippen molar-refractivity contribution in [1.82, 2.24) is 4.98 Å². The predicted molar refractivity (Wildman–Crippen MR) is 99.9 cm³/mol. The van der Waals surface area contributed by atoms with Gasteiger partial charge in [0.1, 0.15) is 0 Å². The predicted octanol–water partition coefficient (Wildman–Crippen LogP) is 4.76. The highest BCUT2D eigenvalue weighted by Crippen LogP contribution is 2.21. The molecular formula is C19H21F2N3S. The molecule has 0 aliphatic rings. The van der Waals surface area contributed by atoms with Gasteiger partial charge in [0.05, 0.1) is 16.7 Å². The van der Waals surface area contributed by atoms with Crippen molar-refractivity contribution >= 4 is 17.0 Å². The summed E-state index contributed by atoms with van der Waals surface area (Å²) in [5.74, 6) is -1.71. The van der Waals surface area contributed by atoms with Crippen LogP contribution in [0.1, 0.15) is 35.7 Å². The highest BCUT2D eigenvalue weighted by Gasteiger charge is 2.13. The molecule has 0 saturated carbocycles. The molecular weight excluding hydrogens is 340 g/mol. The first-order valence-corrected chi connectivity index (χ1v) is 8.82. The van der Waals surface area contributed by atoms with E-state index < -0.39 is 11.6 Å². The molecule has 6 heteroatoms. The third-order valence-electron chi connectivity index (χ3n) is 3.61. The Balaban J connectivity index is 1.93. The minimum Gasteiger partial charge on any atom is -0.322 e. The third kappa shape index (κ3) is 5.99. The maximum atomic E-state index is 13.3. The van der Waals surface area contributed by atoms with Crippen LogP contribution in [0.3, 0.4) is 0 Å². The lowest BCUT2D eigenvalue weighted by molar-refractivity contribution is 0.506. The normalized spacial score (nSPS) is 13.4. The molecule has 132 valence electrons. The molecule has 1 aromatic carbocycles. The Morgan fingerprint density at radius 1 is 1.40 bits per heavy atom. The third-order valence-corrected chi connectivity index (χ3v) is 4.53. The molecule has 0 spiro atoms. The maximum Gasteiger partial charge on any atom is 0.159 e. The summed E-state index contributed by atoms with van der Waals surface area (Å²) in [6, 6.07) is 3.49. The van der Waals surface area contributed by atoms with Gasteiger partial charge in [-0.15, -0.1) is 11.3 Å². The van der Waals surface area contributed by atoms with Crippen LogP contribution in [-0.4, -0.2) is 10.7 Å². The number of aliphatic imine (C=N–C) groups is 1. The number of allylic oxidation sites excluding steroid dienone is 2. The van der Waals surface area contributed by atoms with Crippen LogP contribution in [0.2, 0.25) is 0 Å². The minimum atomic E-state index is -0.857. The van der Waals surface area contributed by atoms with E-state index in [-0.39, 0.29) is 6.04 Å². The summed E-state index contributed by atoms with van der Waals surface area (Å²) < 4.78 is 26.2. The summed E-state index contributed by atoms with van der Waals surface area (Å²) in [7, 11) is 0. The molecule has 0 radical (unpaired) electrons. The molecule has 0 bridgehead atoms. The van der Waals surface area contributed by atoms with Crippen molar-refractivity contribution in [2.24, 2.45) is 10.7 Å². The number of hydrogen-bond acceptors (Lipinski definition) is 4. The molecule has 0 fully saturated rings. The molecule has 0 saturated heterocycles. The number of nitrogens with two attached hydrogens (primary N) is 1. The molecule has 2 aromatic rings. The number of aromatic nitrogens is 1. The first kappa shape index (κ1) is 19.1. The molecule has 0 amide bonds. The molecule has 0 aliphatic carbocycles. The molecule has 1 heterocycles. The van der Waals surface area contributed by atoms with Crippen molar-refractivity contribution in [1.29, 1.82) is 0 Å². The van der Waals surface area contributed by atoms with E-state index in [1.165, 1.54) is 6.07 Å². The minimum absolute atomic E-state index is 0.347. The largest absolute Gasteiger partial charge is 0.322 e. The average molecular weight is 361 g/mol. The monoisotopic (exact) mass is 361 g/mol. The lowest BCUT2D eigenvalue weighted by atomic mass is 10.0. The number of nitrogens with zero attached hydrogens (tertiary/aromatic N) is 2. The second kappa shape index (κ2) is 9.34. The Hall–Kier alpha value is -2.18. The first-order valence-electron chi connectivity index (χ1n) is 7.94. The van der Waals surface area contributed by atoms with Gasteiger partial charge in [-0.2, -0.15) is 0 Å². The zero-order valence-corrected chi connectivity index (χ0v) is 14.9. The van der Waals surface area contributed by atoms with E-state index in [2.05, 4.69) is 16.6 Å². The fourth-order valence-electron chi connectivity index (χ4n) is 2.22. The lowest BCUT2D eigenvalue weighted by Crippen LogP contribution is -2.14. The number of rotatable bonds is 8. The molecule has 3 nitrogen and oxygen atoms in total. The zero-order valence-electron chi connectivity index (χ0n) is 14.1. The zero-order chi connectivity index (χ0) is 18.2. The number of halogens is 2.